The van der Waals surface area contributed by atoms with Crippen LogP contribution in [0.2, 0.25) is 0 Å². The fourth-order valence-corrected chi connectivity index (χ4v) is 2.82. The first-order valence-electron chi connectivity index (χ1n) is 8.58. The number of nitrogens with one attached hydrogen (secondary N) is 1. The number of nitrogens with two attached hydrogens (primary N) is 1. The van der Waals surface area contributed by atoms with Crippen LogP contribution in [-0.2, 0) is 18.3 Å². The van der Waals surface area contributed by atoms with Gasteiger partial charge in [-0.1, -0.05) is 30.3 Å². The van der Waals surface area contributed by atoms with Crippen LogP contribution in [0.3, 0.4) is 0 Å². The number of aliphatic hydroxyl groups excluding tert-OH is 1. The summed E-state index contributed by atoms with van der Waals surface area (Å²) in [6.07, 6.45) is 4.75. The van der Waals surface area contributed by atoms with Crippen LogP contribution in [-0.4, -0.2) is 48.8 Å². The van der Waals surface area contributed by atoms with E-state index in [2.05, 4.69) is 20.4 Å². The smallest absolute Gasteiger partial charge is 0.255 e. The van der Waals surface area contributed by atoms with Gasteiger partial charge in [0.05, 0.1) is 17.8 Å². The lowest BCUT2D eigenvalue weighted by Crippen LogP contribution is -2.50. The van der Waals surface area contributed by atoms with E-state index < -0.39 is 24.0 Å². The van der Waals surface area contributed by atoms with E-state index in [4.69, 9.17) is 5.73 Å². The first kappa shape index (κ1) is 19.2. The molecule has 0 aliphatic rings. The zero-order valence-electron chi connectivity index (χ0n) is 15.2. The van der Waals surface area contributed by atoms with Crippen molar-refractivity contribution in [2.24, 2.45) is 12.8 Å². The van der Waals surface area contributed by atoms with Crippen molar-refractivity contribution in [3.8, 4) is 11.4 Å². The van der Waals surface area contributed by atoms with Gasteiger partial charge in [0.25, 0.3) is 5.91 Å². The van der Waals surface area contributed by atoms with Crippen molar-refractivity contribution in [3.05, 3.63) is 66.2 Å². The summed E-state index contributed by atoms with van der Waals surface area (Å²) in [5, 5.41) is 17.2. The molecule has 144 valence electrons. The topological polar surface area (TPSA) is 136 Å². The van der Waals surface area contributed by atoms with Gasteiger partial charge in [-0.3, -0.25) is 24.2 Å². The van der Waals surface area contributed by atoms with E-state index in [-0.39, 0.29) is 12.0 Å². The van der Waals surface area contributed by atoms with Gasteiger partial charge in [-0.25, -0.2) is 0 Å². The molecule has 1 unspecified atom stereocenters. The van der Waals surface area contributed by atoms with Crippen molar-refractivity contribution in [2.45, 2.75) is 18.6 Å². The third-order valence-electron chi connectivity index (χ3n) is 4.17. The minimum absolute atomic E-state index is 0.234. The van der Waals surface area contributed by atoms with Crippen LogP contribution in [0.25, 0.3) is 11.4 Å². The van der Waals surface area contributed by atoms with Gasteiger partial charge < -0.3 is 16.2 Å². The highest BCUT2D eigenvalue weighted by molar-refractivity contribution is 5.99. The number of primary amides is 1. The minimum Gasteiger partial charge on any atom is -0.381 e. The number of aromatic nitrogens is 4. The van der Waals surface area contributed by atoms with E-state index >= 15 is 0 Å². The normalized spacial score (nSPS) is 12.9. The molecule has 0 fully saturated rings. The van der Waals surface area contributed by atoms with Crippen molar-refractivity contribution in [2.75, 3.05) is 0 Å². The van der Waals surface area contributed by atoms with Crippen molar-refractivity contribution in [1.82, 2.24) is 25.1 Å². The van der Waals surface area contributed by atoms with Gasteiger partial charge in [0.15, 0.2) is 6.10 Å². The molecule has 3 rings (SSSR count). The lowest BCUT2D eigenvalue weighted by Gasteiger charge is -2.22. The quantitative estimate of drug-likeness (QED) is 0.530. The maximum absolute atomic E-state index is 12.9. The van der Waals surface area contributed by atoms with Gasteiger partial charge in [-0.15, -0.1) is 0 Å². The summed E-state index contributed by atoms with van der Waals surface area (Å²) in [6, 6.07) is 8.28. The third-order valence-corrected chi connectivity index (χ3v) is 4.17. The van der Waals surface area contributed by atoms with Crippen molar-refractivity contribution < 1.29 is 14.7 Å². The third kappa shape index (κ3) is 4.38. The molecule has 3 aromatic rings. The number of carbonyl (C=O) groups is 2. The summed E-state index contributed by atoms with van der Waals surface area (Å²) >= 11 is 0. The number of aliphatic hydroxyl groups is 1. The maximum atomic E-state index is 12.9. The number of nitrogens with zero attached hydrogens (tertiary/aromatic N) is 4. The molecule has 2 aromatic heterocycles. The highest BCUT2D eigenvalue weighted by Crippen LogP contribution is 2.19. The number of hydrogen-bond donors (Lipinski definition) is 3. The SMILES string of the molecule is Cn1cc(C(=O)N[C@@H](Cc2ccccc2)C(O)C(N)=O)c(-c2cnccn2)n1. The molecule has 0 saturated carbocycles. The van der Waals surface area contributed by atoms with Crippen LogP contribution < -0.4 is 11.1 Å². The molecule has 2 atom stereocenters. The largest absolute Gasteiger partial charge is 0.381 e. The van der Waals surface area contributed by atoms with Crippen molar-refractivity contribution >= 4 is 11.8 Å². The fourth-order valence-electron chi connectivity index (χ4n) is 2.82. The van der Waals surface area contributed by atoms with Gasteiger partial charge in [0.1, 0.15) is 11.4 Å². The molecule has 0 saturated heterocycles. The lowest BCUT2D eigenvalue weighted by molar-refractivity contribution is -0.127. The Kier molecular flexibility index (Phi) is 5.75. The van der Waals surface area contributed by atoms with Crippen LogP contribution in [0, 0.1) is 0 Å². The second-order valence-electron chi connectivity index (χ2n) is 6.27. The van der Waals surface area contributed by atoms with E-state index in [0.29, 0.717) is 11.4 Å². The van der Waals surface area contributed by atoms with Gasteiger partial charge in [-0.2, -0.15) is 5.10 Å². The van der Waals surface area contributed by atoms with Crippen molar-refractivity contribution in [3.63, 3.8) is 0 Å². The number of hydrogen-bond acceptors (Lipinski definition) is 6. The molecule has 1 aromatic carbocycles. The molecule has 2 amide bonds. The van der Waals surface area contributed by atoms with E-state index in [1.165, 1.54) is 29.5 Å². The van der Waals surface area contributed by atoms with Crippen LogP contribution in [0.4, 0.5) is 0 Å². The molecule has 4 N–H and O–H groups in total. The number of amides is 2. The second-order valence-corrected chi connectivity index (χ2v) is 6.27. The molecular weight excluding hydrogens is 360 g/mol. The van der Waals surface area contributed by atoms with Gasteiger partial charge in [0, 0.05) is 25.6 Å². The average Bonchev–Trinajstić information content (AvgIpc) is 3.10. The first-order chi connectivity index (χ1) is 13.5. The van der Waals surface area contributed by atoms with Gasteiger partial charge >= 0.3 is 0 Å². The van der Waals surface area contributed by atoms with Crippen LogP contribution in [0.5, 0.6) is 0 Å². The Hall–Kier alpha value is -3.59. The number of rotatable bonds is 7. The van der Waals surface area contributed by atoms with Crippen LogP contribution >= 0.6 is 0 Å². The Balaban J connectivity index is 1.87. The Bertz CT molecular complexity index is 958. The standard InChI is InChI=1S/C19H20N6O3/c1-25-11-13(16(24-25)15-10-21-7-8-22-15)19(28)23-14(17(26)18(20)27)9-12-5-3-2-4-6-12/h2-8,10-11,14,17,26H,9H2,1H3,(H2,20,27)(H,23,28)/t14-,17?/m0/s1. The molecule has 0 bridgehead atoms. The fraction of sp³-hybridized carbons (Fsp3) is 0.211. The summed E-state index contributed by atoms with van der Waals surface area (Å²) in [4.78, 5) is 32.6. The zero-order valence-corrected chi connectivity index (χ0v) is 15.2. The number of aryl methyl sites for hydroxylation is 1. The maximum Gasteiger partial charge on any atom is 0.255 e. The summed E-state index contributed by atoms with van der Waals surface area (Å²) in [6.45, 7) is 0. The zero-order chi connectivity index (χ0) is 20.1. The highest BCUT2D eigenvalue weighted by Gasteiger charge is 2.28. The predicted molar refractivity (Wildman–Crippen MR) is 101 cm³/mol. The van der Waals surface area contributed by atoms with Gasteiger partial charge in [0.2, 0.25) is 5.91 Å². The summed E-state index contributed by atoms with van der Waals surface area (Å²) in [5.74, 6) is -1.42. The Labute approximate surface area is 161 Å². The number of carbonyl (C=O) groups excluding carboxylic acids is 2. The van der Waals surface area contributed by atoms with E-state index in [1.807, 2.05) is 30.3 Å². The Morgan fingerprint density at radius 2 is 2.00 bits per heavy atom. The molecule has 9 heteroatoms. The minimum atomic E-state index is -1.54. The predicted octanol–water partition coefficient (Wildman–Crippen LogP) is 0.0644. The highest BCUT2D eigenvalue weighted by atomic mass is 16.3. The monoisotopic (exact) mass is 380 g/mol. The second kappa shape index (κ2) is 8.40. The molecule has 0 aliphatic carbocycles. The van der Waals surface area contributed by atoms with E-state index in [0.717, 1.165) is 5.56 Å². The van der Waals surface area contributed by atoms with E-state index in [9.17, 15) is 14.7 Å². The molecule has 0 radical (unpaired) electrons. The molecule has 0 spiro atoms. The Morgan fingerprint density at radius 1 is 1.25 bits per heavy atom. The van der Waals surface area contributed by atoms with Crippen LogP contribution in [0.15, 0.2) is 55.1 Å². The number of benzene rings is 1. The summed E-state index contributed by atoms with van der Waals surface area (Å²) < 4.78 is 1.48. The lowest BCUT2D eigenvalue weighted by atomic mass is 10.00. The molecular formula is C19H20N6O3. The van der Waals surface area contributed by atoms with Crippen molar-refractivity contribution in [1.29, 1.82) is 0 Å². The molecule has 28 heavy (non-hydrogen) atoms. The molecule has 2 heterocycles. The van der Waals surface area contributed by atoms with E-state index in [1.54, 1.807) is 7.05 Å². The Morgan fingerprint density at radius 3 is 2.64 bits per heavy atom. The first-order valence-corrected chi connectivity index (χ1v) is 8.58. The van der Waals surface area contributed by atoms with Gasteiger partial charge in [-0.05, 0) is 12.0 Å². The molecule has 9 nitrogen and oxygen atoms in total. The summed E-state index contributed by atoms with van der Waals surface area (Å²) in [5.41, 5.74) is 7.13. The van der Waals surface area contributed by atoms with Crippen LogP contribution in [0.1, 0.15) is 15.9 Å². The molecule has 0 aliphatic heterocycles. The summed E-state index contributed by atoms with van der Waals surface area (Å²) in [7, 11) is 1.68. The average molecular weight is 380 g/mol.